The molecule has 0 radical (unpaired) electrons. The maximum atomic E-state index is 13.3. The first-order chi connectivity index (χ1) is 14.6. The number of hydrogen-bond acceptors (Lipinski definition) is 5. The second kappa shape index (κ2) is 8.98. The first-order valence-electron chi connectivity index (χ1n) is 10.2. The maximum Gasteiger partial charge on any atom is 0.222 e. The number of carbonyl (C=O) groups excluding carboxylic acids is 1. The normalized spacial score (nSPS) is 16.3. The fourth-order valence-electron chi connectivity index (χ4n) is 3.69. The monoisotopic (exact) mass is 405 g/mol. The predicted molar refractivity (Wildman–Crippen MR) is 114 cm³/mol. The third-order valence-electron chi connectivity index (χ3n) is 5.26. The van der Waals surface area contributed by atoms with E-state index in [0.717, 1.165) is 36.3 Å². The third kappa shape index (κ3) is 4.62. The molecule has 1 N–H and O–H groups in total. The molecule has 1 aliphatic heterocycles. The molecule has 3 heterocycles. The number of nitrogens with zero attached hydrogens (tertiary/aromatic N) is 4. The summed E-state index contributed by atoms with van der Waals surface area (Å²) < 4.78 is 13.3. The summed E-state index contributed by atoms with van der Waals surface area (Å²) in [6.07, 6.45) is 5.85. The van der Waals surface area contributed by atoms with E-state index in [0.29, 0.717) is 24.6 Å². The summed E-state index contributed by atoms with van der Waals surface area (Å²) in [5.41, 5.74) is 2.39. The molecule has 154 valence electrons. The van der Waals surface area contributed by atoms with Gasteiger partial charge in [-0.05, 0) is 49.2 Å². The highest BCUT2D eigenvalue weighted by Gasteiger charge is 2.26. The molecule has 2 aromatic heterocycles. The second-order valence-electron chi connectivity index (χ2n) is 7.40. The molecule has 0 aliphatic carbocycles. The standard InChI is InChI=1S/C23H24FN5O/c1-2-22(30)29-12-4-6-17(15-29)23-27-20(16-5-3-11-25-14-16)13-21(28-23)26-19-9-7-18(24)8-10-19/h3,5,7-11,13-14,17H,2,4,6,12,15H2,1H3,(H,26,27,28). The lowest BCUT2D eigenvalue weighted by Crippen LogP contribution is -2.39. The van der Waals surface area contributed by atoms with Crippen molar-refractivity contribution in [3.63, 3.8) is 0 Å². The molecule has 1 fully saturated rings. The van der Waals surface area contributed by atoms with Gasteiger partial charge < -0.3 is 10.2 Å². The quantitative estimate of drug-likeness (QED) is 0.675. The zero-order valence-corrected chi connectivity index (χ0v) is 16.9. The largest absolute Gasteiger partial charge is 0.342 e. The molecule has 4 rings (SSSR count). The lowest BCUT2D eigenvalue weighted by atomic mass is 9.96. The van der Waals surface area contributed by atoms with E-state index in [2.05, 4.69) is 10.3 Å². The van der Waals surface area contributed by atoms with Crippen molar-refractivity contribution in [3.8, 4) is 11.3 Å². The van der Waals surface area contributed by atoms with Crippen molar-refractivity contribution in [1.82, 2.24) is 19.9 Å². The average molecular weight is 405 g/mol. The van der Waals surface area contributed by atoms with E-state index in [9.17, 15) is 9.18 Å². The number of piperidine rings is 1. The predicted octanol–water partition coefficient (Wildman–Crippen LogP) is 4.54. The molecule has 1 amide bonds. The van der Waals surface area contributed by atoms with Crippen LogP contribution in [0.3, 0.4) is 0 Å². The Kier molecular flexibility index (Phi) is 5.97. The lowest BCUT2D eigenvalue weighted by Gasteiger charge is -2.32. The molecule has 0 bridgehead atoms. The number of anilines is 2. The summed E-state index contributed by atoms with van der Waals surface area (Å²) in [6, 6.07) is 11.8. The Morgan fingerprint density at radius 2 is 2.07 bits per heavy atom. The fraction of sp³-hybridized carbons (Fsp3) is 0.304. The molecular formula is C23H24FN5O. The molecule has 3 aromatic rings. The van der Waals surface area contributed by atoms with Gasteiger partial charge in [0.2, 0.25) is 5.91 Å². The highest BCUT2D eigenvalue weighted by molar-refractivity contribution is 5.76. The molecular weight excluding hydrogens is 381 g/mol. The number of halogens is 1. The van der Waals surface area contributed by atoms with E-state index in [-0.39, 0.29) is 17.6 Å². The number of benzene rings is 1. The van der Waals surface area contributed by atoms with Crippen LogP contribution in [0.1, 0.15) is 37.9 Å². The highest BCUT2D eigenvalue weighted by Crippen LogP contribution is 2.29. The van der Waals surface area contributed by atoms with Crippen molar-refractivity contribution in [2.24, 2.45) is 0 Å². The van der Waals surface area contributed by atoms with Gasteiger partial charge in [0.1, 0.15) is 17.5 Å². The van der Waals surface area contributed by atoms with Gasteiger partial charge in [-0.1, -0.05) is 6.92 Å². The summed E-state index contributed by atoms with van der Waals surface area (Å²) in [4.78, 5) is 27.9. The number of likely N-dealkylation sites (tertiary alicyclic amines) is 1. The van der Waals surface area contributed by atoms with Crippen molar-refractivity contribution in [2.75, 3.05) is 18.4 Å². The van der Waals surface area contributed by atoms with E-state index in [1.807, 2.05) is 30.0 Å². The van der Waals surface area contributed by atoms with Crippen molar-refractivity contribution in [2.45, 2.75) is 32.1 Å². The minimum Gasteiger partial charge on any atom is -0.342 e. The Labute approximate surface area is 175 Å². The van der Waals surface area contributed by atoms with Gasteiger partial charge in [-0.3, -0.25) is 9.78 Å². The van der Waals surface area contributed by atoms with Gasteiger partial charge in [0.15, 0.2) is 0 Å². The van der Waals surface area contributed by atoms with Gasteiger partial charge in [-0.15, -0.1) is 0 Å². The third-order valence-corrected chi connectivity index (χ3v) is 5.26. The van der Waals surface area contributed by atoms with Crippen molar-refractivity contribution >= 4 is 17.4 Å². The number of carbonyl (C=O) groups is 1. The van der Waals surface area contributed by atoms with Crippen LogP contribution in [0.25, 0.3) is 11.3 Å². The number of nitrogens with one attached hydrogen (secondary N) is 1. The van der Waals surface area contributed by atoms with Crippen molar-refractivity contribution in [1.29, 1.82) is 0 Å². The Bertz CT molecular complexity index is 1010. The Morgan fingerprint density at radius 3 is 2.80 bits per heavy atom. The van der Waals surface area contributed by atoms with Gasteiger partial charge >= 0.3 is 0 Å². The number of pyridine rings is 1. The lowest BCUT2D eigenvalue weighted by molar-refractivity contribution is -0.132. The van der Waals surface area contributed by atoms with Crippen LogP contribution in [0.2, 0.25) is 0 Å². The van der Waals surface area contributed by atoms with Crippen LogP contribution >= 0.6 is 0 Å². The Balaban J connectivity index is 1.68. The zero-order chi connectivity index (χ0) is 20.9. The molecule has 6 nitrogen and oxygen atoms in total. The highest BCUT2D eigenvalue weighted by atomic mass is 19.1. The number of rotatable bonds is 5. The van der Waals surface area contributed by atoms with E-state index in [1.54, 1.807) is 24.5 Å². The van der Waals surface area contributed by atoms with E-state index >= 15 is 0 Å². The topological polar surface area (TPSA) is 71.0 Å². The average Bonchev–Trinajstić information content (AvgIpc) is 2.80. The molecule has 7 heteroatoms. The summed E-state index contributed by atoms with van der Waals surface area (Å²) in [5, 5.41) is 3.25. The summed E-state index contributed by atoms with van der Waals surface area (Å²) >= 11 is 0. The molecule has 1 aromatic carbocycles. The molecule has 1 aliphatic rings. The Hall–Kier alpha value is -3.35. The van der Waals surface area contributed by atoms with Gasteiger partial charge in [0, 0.05) is 55.1 Å². The van der Waals surface area contributed by atoms with Crippen LogP contribution in [0.4, 0.5) is 15.9 Å². The first kappa shape index (κ1) is 19.9. The van der Waals surface area contributed by atoms with E-state index < -0.39 is 0 Å². The van der Waals surface area contributed by atoms with Gasteiger partial charge in [0.05, 0.1) is 5.69 Å². The number of aromatic nitrogens is 3. The van der Waals surface area contributed by atoms with Crippen LogP contribution in [-0.4, -0.2) is 38.8 Å². The second-order valence-corrected chi connectivity index (χ2v) is 7.40. The van der Waals surface area contributed by atoms with Crippen LogP contribution in [0, 0.1) is 5.82 Å². The van der Waals surface area contributed by atoms with Gasteiger partial charge in [-0.25, -0.2) is 14.4 Å². The minimum absolute atomic E-state index is 0.0691. The molecule has 0 spiro atoms. The summed E-state index contributed by atoms with van der Waals surface area (Å²) in [5.74, 6) is 1.27. The Morgan fingerprint density at radius 1 is 1.23 bits per heavy atom. The zero-order valence-electron chi connectivity index (χ0n) is 16.9. The fourth-order valence-corrected chi connectivity index (χ4v) is 3.69. The number of amides is 1. The molecule has 0 saturated carbocycles. The van der Waals surface area contributed by atoms with Gasteiger partial charge in [-0.2, -0.15) is 0 Å². The van der Waals surface area contributed by atoms with Crippen molar-refractivity contribution < 1.29 is 9.18 Å². The van der Waals surface area contributed by atoms with Crippen molar-refractivity contribution in [3.05, 3.63) is 66.5 Å². The van der Waals surface area contributed by atoms with E-state index in [4.69, 9.17) is 9.97 Å². The number of hydrogen-bond donors (Lipinski definition) is 1. The molecule has 30 heavy (non-hydrogen) atoms. The van der Waals surface area contributed by atoms with E-state index in [1.165, 1.54) is 12.1 Å². The maximum absolute atomic E-state index is 13.3. The van der Waals surface area contributed by atoms with Gasteiger partial charge in [0.25, 0.3) is 0 Å². The smallest absolute Gasteiger partial charge is 0.222 e. The van der Waals surface area contributed by atoms with Crippen LogP contribution in [0.5, 0.6) is 0 Å². The molecule has 1 saturated heterocycles. The van der Waals surface area contributed by atoms with Crippen LogP contribution in [-0.2, 0) is 4.79 Å². The SMILES string of the molecule is CCC(=O)N1CCCC(c2nc(Nc3ccc(F)cc3)cc(-c3cccnc3)n2)C1. The van der Waals surface area contributed by atoms with Crippen LogP contribution < -0.4 is 5.32 Å². The van der Waals surface area contributed by atoms with Crippen LogP contribution in [0.15, 0.2) is 54.9 Å². The summed E-state index contributed by atoms with van der Waals surface area (Å²) in [6.45, 7) is 3.29. The molecule has 1 atom stereocenters. The summed E-state index contributed by atoms with van der Waals surface area (Å²) in [7, 11) is 0. The first-order valence-corrected chi connectivity index (χ1v) is 10.2. The minimum atomic E-state index is -0.289. The molecule has 1 unspecified atom stereocenters.